The van der Waals surface area contributed by atoms with Gasteiger partial charge in [-0.2, -0.15) is 0 Å². The summed E-state index contributed by atoms with van der Waals surface area (Å²) in [5.41, 5.74) is 0.544. The Morgan fingerprint density at radius 3 is 2.52 bits per heavy atom. The molecule has 1 aromatic carbocycles. The van der Waals surface area contributed by atoms with Crippen molar-refractivity contribution in [2.24, 2.45) is 0 Å². The van der Waals surface area contributed by atoms with Crippen molar-refractivity contribution in [3.63, 3.8) is 0 Å². The van der Waals surface area contributed by atoms with Crippen LogP contribution in [0.25, 0.3) is 0 Å². The number of benzene rings is 1. The normalized spacial score (nSPS) is 15.2. The zero-order chi connectivity index (χ0) is 17.8. The predicted molar refractivity (Wildman–Crippen MR) is 102 cm³/mol. The fraction of sp³-hybridized carbons (Fsp3) is 0.294. The molecule has 0 aliphatic carbocycles. The van der Waals surface area contributed by atoms with Gasteiger partial charge in [0.2, 0.25) is 5.91 Å². The summed E-state index contributed by atoms with van der Waals surface area (Å²) >= 11 is 13.4. The maximum Gasteiger partial charge on any atom is 0.264 e. The first-order valence-electron chi connectivity index (χ1n) is 7.83. The molecular weight excluding hydrogens is 381 g/mol. The van der Waals surface area contributed by atoms with E-state index in [2.05, 4.69) is 5.32 Å². The third kappa shape index (κ3) is 4.73. The minimum atomic E-state index is -0.137. The maximum atomic E-state index is 12.3. The number of carbonyl (C=O) groups is 2. The minimum absolute atomic E-state index is 0.0621. The monoisotopic (exact) mass is 397 g/mol. The number of thiophene rings is 1. The second kappa shape index (κ2) is 8.19. The average Bonchev–Trinajstić information content (AvgIpc) is 3.12. The number of anilines is 1. The zero-order valence-electron chi connectivity index (χ0n) is 13.4. The number of hydrogen-bond acceptors (Lipinski definition) is 4. The fourth-order valence-corrected chi connectivity index (χ4v) is 3.80. The molecule has 25 heavy (non-hydrogen) atoms. The van der Waals surface area contributed by atoms with E-state index in [9.17, 15) is 9.59 Å². The van der Waals surface area contributed by atoms with Crippen LogP contribution in [-0.2, 0) is 4.79 Å². The Labute approximate surface area is 160 Å². The first-order chi connectivity index (χ1) is 12.0. The molecule has 8 heteroatoms. The van der Waals surface area contributed by atoms with E-state index in [-0.39, 0.29) is 18.4 Å². The zero-order valence-corrected chi connectivity index (χ0v) is 15.7. The molecule has 0 radical (unpaired) electrons. The number of amides is 2. The number of carbonyl (C=O) groups excluding carboxylic acids is 2. The first kappa shape index (κ1) is 18.2. The van der Waals surface area contributed by atoms with Crippen molar-refractivity contribution >= 4 is 52.0 Å². The predicted octanol–water partition coefficient (Wildman–Crippen LogP) is 3.45. The summed E-state index contributed by atoms with van der Waals surface area (Å²) in [5, 5.41) is 5.62. The summed E-state index contributed by atoms with van der Waals surface area (Å²) in [7, 11) is 0. The number of rotatable bonds is 4. The van der Waals surface area contributed by atoms with Gasteiger partial charge in [0.15, 0.2) is 0 Å². The van der Waals surface area contributed by atoms with Gasteiger partial charge in [0.1, 0.15) is 0 Å². The van der Waals surface area contributed by atoms with Crippen molar-refractivity contribution in [1.82, 2.24) is 9.80 Å². The second-order valence-electron chi connectivity index (χ2n) is 5.72. The van der Waals surface area contributed by atoms with Crippen LogP contribution in [0.4, 0.5) is 5.69 Å². The van der Waals surface area contributed by atoms with Gasteiger partial charge in [0, 0.05) is 31.2 Å². The first-order valence-corrected chi connectivity index (χ1v) is 9.46. The Balaban J connectivity index is 1.48. The van der Waals surface area contributed by atoms with Crippen LogP contribution in [0.1, 0.15) is 9.67 Å². The van der Waals surface area contributed by atoms with Gasteiger partial charge >= 0.3 is 0 Å². The molecule has 2 heterocycles. The fourth-order valence-electron chi connectivity index (χ4n) is 2.65. The Kier molecular flexibility index (Phi) is 5.96. The highest BCUT2D eigenvalue weighted by molar-refractivity contribution is 7.12. The summed E-state index contributed by atoms with van der Waals surface area (Å²) in [5.74, 6) is -0.0747. The van der Waals surface area contributed by atoms with Gasteiger partial charge in [-0.25, -0.2) is 0 Å². The van der Waals surface area contributed by atoms with Crippen molar-refractivity contribution < 1.29 is 9.59 Å². The van der Waals surface area contributed by atoms with Crippen LogP contribution < -0.4 is 5.32 Å². The van der Waals surface area contributed by atoms with Crippen molar-refractivity contribution in [1.29, 1.82) is 0 Å². The molecule has 1 saturated heterocycles. The van der Waals surface area contributed by atoms with Gasteiger partial charge in [0.05, 0.1) is 22.1 Å². The molecule has 0 spiro atoms. The smallest absolute Gasteiger partial charge is 0.264 e. The topological polar surface area (TPSA) is 52.7 Å². The van der Waals surface area contributed by atoms with Gasteiger partial charge in [-0.1, -0.05) is 29.3 Å². The third-order valence-corrected chi connectivity index (χ3v) is 5.37. The van der Waals surface area contributed by atoms with Crippen LogP contribution in [0.5, 0.6) is 0 Å². The molecule has 1 N–H and O–H groups in total. The molecule has 0 bridgehead atoms. The van der Waals surface area contributed by atoms with E-state index in [4.69, 9.17) is 23.2 Å². The molecule has 1 fully saturated rings. The van der Waals surface area contributed by atoms with Crippen LogP contribution in [0.2, 0.25) is 10.0 Å². The van der Waals surface area contributed by atoms with Crippen LogP contribution in [0.15, 0.2) is 35.7 Å². The largest absolute Gasteiger partial charge is 0.335 e. The van der Waals surface area contributed by atoms with E-state index in [0.29, 0.717) is 41.9 Å². The lowest BCUT2D eigenvalue weighted by Gasteiger charge is -2.34. The minimum Gasteiger partial charge on any atom is -0.335 e. The van der Waals surface area contributed by atoms with Gasteiger partial charge in [-0.05, 0) is 29.6 Å². The lowest BCUT2D eigenvalue weighted by molar-refractivity contribution is -0.117. The molecule has 3 rings (SSSR count). The summed E-state index contributed by atoms with van der Waals surface area (Å²) in [4.78, 5) is 29.1. The summed E-state index contributed by atoms with van der Waals surface area (Å²) < 4.78 is 0. The van der Waals surface area contributed by atoms with E-state index in [1.165, 1.54) is 11.3 Å². The Morgan fingerprint density at radius 2 is 1.88 bits per heavy atom. The quantitative estimate of drug-likeness (QED) is 0.859. The Hall–Kier alpha value is -1.60. The van der Waals surface area contributed by atoms with Gasteiger partial charge in [0.25, 0.3) is 5.91 Å². The van der Waals surface area contributed by atoms with E-state index in [1.54, 1.807) is 18.2 Å². The average molecular weight is 398 g/mol. The van der Waals surface area contributed by atoms with E-state index < -0.39 is 0 Å². The molecule has 2 amide bonds. The molecule has 1 aromatic heterocycles. The van der Waals surface area contributed by atoms with Crippen molar-refractivity contribution in [3.8, 4) is 0 Å². The van der Waals surface area contributed by atoms with Gasteiger partial charge in [-0.3, -0.25) is 14.5 Å². The number of nitrogens with zero attached hydrogens (tertiary/aromatic N) is 2. The maximum absolute atomic E-state index is 12.3. The number of hydrogen-bond donors (Lipinski definition) is 1. The highest BCUT2D eigenvalue weighted by atomic mass is 35.5. The molecule has 2 aromatic rings. The standard InChI is InChI=1S/C17H17Cl2N3O2S/c18-12-3-4-14(13(19)10-12)20-16(23)11-21-5-7-22(8-6-21)17(24)15-2-1-9-25-15/h1-4,9-10H,5-8,11H2,(H,20,23). The van der Waals surface area contributed by atoms with E-state index >= 15 is 0 Å². The molecule has 1 aliphatic heterocycles. The van der Waals surface area contributed by atoms with Gasteiger partial charge < -0.3 is 10.2 Å². The molecule has 5 nitrogen and oxygen atoms in total. The van der Waals surface area contributed by atoms with E-state index in [0.717, 1.165) is 4.88 Å². The van der Waals surface area contributed by atoms with Crippen molar-refractivity contribution in [2.75, 3.05) is 38.0 Å². The van der Waals surface area contributed by atoms with Crippen LogP contribution >= 0.6 is 34.5 Å². The summed E-state index contributed by atoms with van der Waals surface area (Å²) in [6.07, 6.45) is 0. The second-order valence-corrected chi connectivity index (χ2v) is 7.51. The number of nitrogens with one attached hydrogen (secondary N) is 1. The van der Waals surface area contributed by atoms with Crippen LogP contribution in [0, 0.1) is 0 Å². The highest BCUT2D eigenvalue weighted by Crippen LogP contribution is 2.25. The van der Waals surface area contributed by atoms with Crippen LogP contribution in [0.3, 0.4) is 0 Å². The Morgan fingerprint density at radius 1 is 1.12 bits per heavy atom. The van der Waals surface area contributed by atoms with Crippen molar-refractivity contribution in [2.45, 2.75) is 0 Å². The summed E-state index contributed by atoms with van der Waals surface area (Å²) in [6, 6.07) is 8.66. The number of halogens is 2. The number of piperazine rings is 1. The molecule has 0 atom stereocenters. The molecule has 0 saturated carbocycles. The molecule has 0 unspecified atom stereocenters. The SMILES string of the molecule is O=C(CN1CCN(C(=O)c2cccs2)CC1)Nc1ccc(Cl)cc1Cl. The lowest BCUT2D eigenvalue weighted by atomic mass is 10.2. The Bertz CT molecular complexity index is 759. The third-order valence-electron chi connectivity index (χ3n) is 3.96. The van der Waals surface area contributed by atoms with Crippen molar-refractivity contribution in [3.05, 3.63) is 50.6 Å². The molecule has 1 aliphatic rings. The van der Waals surface area contributed by atoms with Crippen LogP contribution in [-0.4, -0.2) is 54.3 Å². The lowest BCUT2D eigenvalue weighted by Crippen LogP contribution is -2.50. The highest BCUT2D eigenvalue weighted by Gasteiger charge is 2.23. The molecular formula is C17H17Cl2N3O2S. The van der Waals surface area contributed by atoms with Gasteiger partial charge in [-0.15, -0.1) is 11.3 Å². The summed E-state index contributed by atoms with van der Waals surface area (Å²) in [6.45, 7) is 2.83. The van der Waals surface area contributed by atoms with E-state index in [1.807, 2.05) is 27.3 Å². The molecule has 132 valence electrons.